The highest BCUT2D eigenvalue weighted by molar-refractivity contribution is 9.11. The molecule has 2 aromatic carbocycles. The minimum absolute atomic E-state index is 0.610. The van der Waals surface area contributed by atoms with Crippen molar-refractivity contribution in [1.29, 1.82) is 0 Å². The summed E-state index contributed by atoms with van der Waals surface area (Å²) < 4.78 is 12.6. The minimum Gasteiger partial charge on any atom is -0.496 e. The van der Waals surface area contributed by atoms with Gasteiger partial charge in [-0.3, -0.25) is 0 Å². The van der Waals surface area contributed by atoms with Crippen LogP contribution in [0.25, 0.3) is 0 Å². The summed E-state index contributed by atoms with van der Waals surface area (Å²) in [5.74, 6) is 2.03. The Morgan fingerprint density at radius 3 is 2.21 bits per heavy atom. The first-order valence-electron chi connectivity index (χ1n) is 5.58. The second-order valence-corrected chi connectivity index (χ2v) is 5.77. The fourth-order valence-corrected chi connectivity index (χ4v) is 2.51. The molecule has 0 spiro atoms. The Hall–Kier alpha value is -1.20. The highest BCUT2D eigenvalue weighted by Gasteiger charge is 2.10. The van der Waals surface area contributed by atoms with Crippen LogP contribution in [-0.4, -0.2) is 7.11 Å². The molecule has 0 aliphatic rings. The summed E-state index contributed by atoms with van der Waals surface area (Å²) >= 11 is 6.88. The van der Waals surface area contributed by atoms with E-state index in [1.165, 1.54) is 0 Å². The summed E-state index contributed by atoms with van der Waals surface area (Å²) in [5.41, 5.74) is 7.64. The topological polar surface area (TPSA) is 44.5 Å². The number of hydrogen-bond acceptors (Lipinski definition) is 3. The molecular formula is C14H13Br2NO2. The van der Waals surface area contributed by atoms with Crippen molar-refractivity contribution in [2.45, 2.75) is 6.92 Å². The molecule has 5 heteroatoms. The molecule has 2 N–H and O–H groups in total. The largest absolute Gasteiger partial charge is 0.496 e. The molecule has 3 nitrogen and oxygen atoms in total. The van der Waals surface area contributed by atoms with Gasteiger partial charge in [0.1, 0.15) is 17.2 Å². The number of methoxy groups -OCH3 is 1. The average Bonchev–Trinajstić information content (AvgIpc) is 2.36. The number of anilines is 1. The zero-order chi connectivity index (χ0) is 14.0. The van der Waals surface area contributed by atoms with Crippen LogP contribution in [0.15, 0.2) is 39.3 Å². The zero-order valence-corrected chi connectivity index (χ0v) is 13.7. The van der Waals surface area contributed by atoms with Crippen LogP contribution < -0.4 is 15.2 Å². The SMILES string of the molecule is COc1cc(Br)c(Oc2ccc(C)cc2N)cc1Br. The Labute approximate surface area is 129 Å². The first kappa shape index (κ1) is 14.2. The Morgan fingerprint density at radius 1 is 0.947 bits per heavy atom. The van der Waals surface area contributed by atoms with Crippen molar-refractivity contribution in [3.63, 3.8) is 0 Å². The lowest BCUT2D eigenvalue weighted by Gasteiger charge is -2.12. The lowest BCUT2D eigenvalue weighted by Crippen LogP contribution is -1.94. The number of benzene rings is 2. The third kappa shape index (κ3) is 3.22. The third-order valence-corrected chi connectivity index (χ3v) is 3.83. The molecule has 100 valence electrons. The molecule has 0 fully saturated rings. The van der Waals surface area contributed by atoms with Crippen LogP contribution in [0.2, 0.25) is 0 Å². The van der Waals surface area contributed by atoms with E-state index < -0.39 is 0 Å². The van der Waals surface area contributed by atoms with Gasteiger partial charge in [-0.05, 0) is 68.6 Å². The van der Waals surface area contributed by atoms with Gasteiger partial charge in [0, 0.05) is 0 Å². The zero-order valence-electron chi connectivity index (χ0n) is 10.5. The summed E-state index contributed by atoms with van der Waals surface area (Å²) in [6, 6.07) is 9.36. The number of ether oxygens (including phenoxy) is 2. The molecule has 0 atom stereocenters. The Balaban J connectivity index is 2.35. The van der Waals surface area contributed by atoms with Gasteiger partial charge in [0.2, 0.25) is 0 Å². The molecule has 0 saturated heterocycles. The Bertz CT molecular complexity index is 615. The van der Waals surface area contributed by atoms with E-state index in [-0.39, 0.29) is 0 Å². The first-order valence-corrected chi connectivity index (χ1v) is 7.17. The van der Waals surface area contributed by atoms with Gasteiger partial charge in [-0.25, -0.2) is 0 Å². The predicted molar refractivity (Wildman–Crippen MR) is 84.1 cm³/mol. The van der Waals surface area contributed by atoms with Gasteiger partial charge in [-0.15, -0.1) is 0 Å². The molecule has 0 aliphatic carbocycles. The maximum atomic E-state index is 5.94. The second-order valence-electron chi connectivity index (χ2n) is 4.06. The minimum atomic E-state index is 0.610. The van der Waals surface area contributed by atoms with Crippen molar-refractivity contribution in [1.82, 2.24) is 0 Å². The number of hydrogen-bond donors (Lipinski definition) is 1. The van der Waals surface area contributed by atoms with E-state index in [4.69, 9.17) is 15.2 Å². The molecule has 0 unspecified atom stereocenters. The lowest BCUT2D eigenvalue weighted by molar-refractivity contribution is 0.409. The van der Waals surface area contributed by atoms with Crippen LogP contribution in [0.4, 0.5) is 5.69 Å². The van der Waals surface area contributed by atoms with Crippen LogP contribution >= 0.6 is 31.9 Å². The van der Waals surface area contributed by atoms with E-state index in [0.29, 0.717) is 17.2 Å². The fourth-order valence-electron chi connectivity index (χ4n) is 1.62. The van der Waals surface area contributed by atoms with Crippen molar-refractivity contribution in [2.75, 3.05) is 12.8 Å². The molecule has 2 rings (SSSR count). The maximum absolute atomic E-state index is 5.94. The van der Waals surface area contributed by atoms with Gasteiger partial charge >= 0.3 is 0 Å². The Morgan fingerprint density at radius 2 is 1.58 bits per heavy atom. The highest BCUT2D eigenvalue weighted by Crippen LogP contribution is 2.39. The third-order valence-electron chi connectivity index (χ3n) is 2.59. The van der Waals surface area contributed by atoms with Gasteiger partial charge < -0.3 is 15.2 Å². The number of nitrogens with two attached hydrogens (primary N) is 1. The average molecular weight is 387 g/mol. The smallest absolute Gasteiger partial charge is 0.150 e. The van der Waals surface area contributed by atoms with Crippen molar-refractivity contribution < 1.29 is 9.47 Å². The Kier molecular flexibility index (Phi) is 4.37. The lowest BCUT2D eigenvalue weighted by atomic mass is 10.2. The number of aryl methyl sites for hydroxylation is 1. The molecule has 0 saturated carbocycles. The van der Waals surface area contributed by atoms with Gasteiger partial charge in [0.05, 0.1) is 21.7 Å². The fraction of sp³-hybridized carbons (Fsp3) is 0.143. The summed E-state index contributed by atoms with van der Waals surface area (Å²) in [6.45, 7) is 1.99. The molecule has 0 radical (unpaired) electrons. The van der Waals surface area contributed by atoms with Crippen molar-refractivity contribution in [3.05, 3.63) is 44.8 Å². The van der Waals surface area contributed by atoms with Crippen molar-refractivity contribution in [3.8, 4) is 17.2 Å². The van der Waals surface area contributed by atoms with Gasteiger partial charge in [0.15, 0.2) is 0 Å². The molecule has 0 bridgehead atoms. The van der Waals surface area contributed by atoms with Gasteiger partial charge in [-0.2, -0.15) is 0 Å². The normalized spacial score (nSPS) is 10.3. The molecule has 19 heavy (non-hydrogen) atoms. The van der Waals surface area contributed by atoms with Crippen LogP contribution in [0.5, 0.6) is 17.2 Å². The quantitative estimate of drug-likeness (QED) is 0.762. The molecule has 0 heterocycles. The van der Waals surface area contributed by atoms with E-state index in [9.17, 15) is 0 Å². The van der Waals surface area contributed by atoms with E-state index >= 15 is 0 Å². The monoisotopic (exact) mass is 385 g/mol. The van der Waals surface area contributed by atoms with Crippen LogP contribution in [0.1, 0.15) is 5.56 Å². The van der Waals surface area contributed by atoms with Crippen molar-refractivity contribution >= 4 is 37.5 Å². The maximum Gasteiger partial charge on any atom is 0.150 e. The van der Waals surface area contributed by atoms with E-state index in [0.717, 1.165) is 20.3 Å². The standard InChI is InChI=1S/C14H13Br2NO2/c1-8-3-4-12(11(17)5-8)19-14-7-9(15)13(18-2)6-10(14)16/h3-7H,17H2,1-2H3. The molecule has 0 amide bonds. The van der Waals surface area contributed by atoms with Gasteiger partial charge in [-0.1, -0.05) is 6.07 Å². The van der Waals surface area contributed by atoms with E-state index in [1.54, 1.807) is 7.11 Å². The summed E-state index contributed by atoms with van der Waals surface area (Å²) in [4.78, 5) is 0. The van der Waals surface area contributed by atoms with Crippen molar-refractivity contribution in [2.24, 2.45) is 0 Å². The number of nitrogen functional groups attached to an aromatic ring is 1. The van der Waals surface area contributed by atoms with Crippen LogP contribution in [0.3, 0.4) is 0 Å². The van der Waals surface area contributed by atoms with Crippen LogP contribution in [0, 0.1) is 6.92 Å². The first-order chi connectivity index (χ1) is 9.01. The molecule has 0 aromatic heterocycles. The summed E-state index contributed by atoms with van der Waals surface area (Å²) in [6.07, 6.45) is 0. The second kappa shape index (κ2) is 5.84. The summed E-state index contributed by atoms with van der Waals surface area (Å²) in [7, 11) is 1.62. The van der Waals surface area contributed by atoms with E-state index in [2.05, 4.69) is 31.9 Å². The molecular weight excluding hydrogens is 374 g/mol. The van der Waals surface area contributed by atoms with Crippen LogP contribution in [-0.2, 0) is 0 Å². The number of rotatable bonds is 3. The number of halogens is 2. The van der Waals surface area contributed by atoms with Gasteiger partial charge in [0.25, 0.3) is 0 Å². The van der Waals surface area contributed by atoms with E-state index in [1.807, 2.05) is 37.3 Å². The predicted octanol–water partition coefficient (Wildman–Crippen LogP) is 4.90. The molecule has 2 aromatic rings. The summed E-state index contributed by atoms with van der Waals surface area (Å²) in [5, 5.41) is 0. The molecule has 0 aliphatic heterocycles. The highest BCUT2D eigenvalue weighted by atomic mass is 79.9.